The summed E-state index contributed by atoms with van der Waals surface area (Å²) in [7, 11) is -1.46. The molecule has 1 aliphatic rings. The third kappa shape index (κ3) is 4.51. The maximum atomic E-state index is 12.1. The highest BCUT2D eigenvalue weighted by Crippen LogP contribution is 2.19. The summed E-state index contributed by atoms with van der Waals surface area (Å²) in [6, 6.07) is 6.32. The number of rotatable bonds is 5. The van der Waals surface area contributed by atoms with Gasteiger partial charge in [-0.15, -0.1) is 0 Å². The lowest BCUT2D eigenvalue weighted by Crippen LogP contribution is -2.49. The molecule has 0 radical (unpaired) electrons. The first-order valence-corrected chi connectivity index (χ1v) is 8.09. The first kappa shape index (κ1) is 17.9. The second kappa shape index (κ2) is 7.87. The lowest BCUT2D eigenvalue weighted by Gasteiger charge is -2.27. The van der Waals surface area contributed by atoms with Crippen molar-refractivity contribution in [3.63, 3.8) is 0 Å². The van der Waals surface area contributed by atoms with E-state index in [1.807, 2.05) is 12.1 Å². The maximum Gasteiger partial charge on any atom is 0.488 e. The Morgan fingerprint density at radius 2 is 2.13 bits per heavy atom. The highest BCUT2D eigenvalue weighted by molar-refractivity contribution is 7.80. The van der Waals surface area contributed by atoms with Crippen molar-refractivity contribution in [1.29, 1.82) is 0 Å². The molecule has 1 aromatic rings. The van der Waals surface area contributed by atoms with Crippen LogP contribution in [0.5, 0.6) is 0 Å². The topological polar surface area (TPSA) is 98.8 Å². The largest absolute Gasteiger partial charge is 0.488 e. The first-order chi connectivity index (χ1) is 10.9. The normalized spacial score (nSPS) is 18.6. The molecule has 2 atom stereocenters. The van der Waals surface area contributed by atoms with E-state index in [2.05, 4.69) is 5.32 Å². The summed E-state index contributed by atoms with van der Waals surface area (Å²) >= 11 is 5.44. The summed E-state index contributed by atoms with van der Waals surface area (Å²) in [5.41, 5.74) is 7.10. The number of hydrogen-bond donors (Lipinski definition) is 4. The molecule has 8 heteroatoms. The van der Waals surface area contributed by atoms with E-state index in [0.29, 0.717) is 23.5 Å². The van der Waals surface area contributed by atoms with Gasteiger partial charge in [0.15, 0.2) is 0 Å². The van der Waals surface area contributed by atoms with Gasteiger partial charge in [0.1, 0.15) is 0 Å². The van der Waals surface area contributed by atoms with Crippen molar-refractivity contribution >= 4 is 35.7 Å². The highest BCUT2D eigenvalue weighted by atomic mass is 32.1. The number of nitrogens with one attached hydrogen (secondary N) is 1. The number of carbonyl (C=O) groups is 1. The molecule has 5 N–H and O–H groups in total. The van der Waals surface area contributed by atoms with E-state index in [1.54, 1.807) is 24.0 Å². The average Bonchev–Trinajstić information content (AvgIpc) is 3.01. The molecule has 0 bridgehead atoms. The van der Waals surface area contributed by atoms with Crippen molar-refractivity contribution in [3.8, 4) is 0 Å². The van der Waals surface area contributed by atoms with Gasteiger partial charge in [-0.05, 0) is 30.8 Å². The summed E-state index contributed by atoms with van der Waals surface area (Å²) in [5.74, 6) is -0.0714. The maximum absolute atomic E-state index is 12.1. The van der Waals surface area contributed by atoms with E-state index in [-0.39, 0.29) is 11.9 Å². The van der Waals surface area contributed by atoms with E-state index >= 15 is 0 Å². The zero-order valence-electron chi connectivity index (χ0n) is 13.1. The van der Waals surface area contributed by atoms with Crippen molar-refractivity contribution in [2.45, 2.75) is 38.4 Å². The fourth-order valence-corrected chi connectivity index (χ4v) is 3.00. The average molecular weight is 335 g/mol. The highest BCUT2D eigenvalue weighted by Gasteiger charge is 2.32. The summed E-state index contributed by atoms with van der Waals surface area (Å²) in [6.07, 6.45) is 1.77. The molecule has 23 heavy (non-hydrogen) atoms. The number of amides is 1. The minimum Gasteiger partial charge on any atom is -0.423 e. The molecule has 6 nitrogen and oxygen atoms in total. The SMILES string of the molecule is C[C@H](N)C(=O)N1CCC[C@H]1C(=S)NCc1ccc(B(O)O)cc1. The van der Waals surface area contributed by atoms with Crippen LogP contribution in [0.2, 0.25) is 0 Å². The monoisotopic (exact) mass is 335 g/mol. The third-order valence-electron chi connectivity index (χ3n) is 3.97. The van der Waals surface area contributed by atoms with Crippen molar-refractivity contribution in [1.82, 2.24) is 10.2 Å². The summed E-state index contributed by atoms with van der Waals surface area (Å²) in [5, 5.41) is 21.3. The predicted octanol–water partition coefficient (Wildman–Crippen LogP) is -0.878. The van der Waals surface area contributed by atoms with Gasteiger partial charge in [-0.2, -0.15) is 0 Å². The molecule has 0 spiro atoms. The van der Waals surface area contributed by atoms with Crippen LogP contribution in [0.3, 0.4) is 0 Å². The Morgan fingerprint density at radius 1 is 1.48 bits per heavy atom. The number of likely N-dealkylation sites (tertiary alicyclic amines) is 1. The number of benzene rings is 1. The molecule has 2 rings (SSSR count). The summed E-state index contributed by atoms with van der Waals surface area (Å²) < 4.78 is 0. The molecule has 1 amide bonds. The lowest BCUT2D eigenvalue weighted by molar-refractivity contribution is -0.131. The van der Waals surface area contributed by atoms with Crippen molar-refractivity contribution in [2.75, 3.05) is 6.54 Å². The Hall–Kier alpha value is -1.48. The van der Waals surface area contributed by atoms with Crippen LogP contribution in [-0.4, -0.2) is 51.6 Å². The molecule has 1 aromatic carbocycles. The standard InChI is InChI=1S/C15H22BN3O3S/c1-10(17)15(20)19-8-2-3-13(19)14(23)18-9-11-4-6-12(7-5-11)16(21)22/h4-7,10,13,21-22H,2-3,8-9,17H2,1H3,(H,18,23)/t10-,13-/m0/s1. The number of hydrogen-bond acceptors (Lipinski definition) is 5. The Balaban J connectivity index is 1.92. The van der Waals surface area contributed by atoms with Gasteiger partial charge in [-0.1, -0.05) is 36.5 Å². The Bertz CT molecular complexity index is 566. The zero-order valence-corrected chi connectivity index (χ0v) is 13.9. The number of carbonyl (C=O) groups excluding carboxylic acids is 1. The van der Waals surface area contributed by atoms with E-state index in [9.17, 15) is 4.79 Å². The molecule has 1 fully saturated rings. The smallest absolute Gasteiger partial charge is 0.423 e. The fraction of sp³-hybridized carbons (Fsp3) is 0.467. The molecule has 124 valence electrons. The second-order valence-corrected chi connectivity index (χ2v) is 6.25. The summed E-state index contributed by atoms with van der Waals surface area (Å²) in [6.45, 7) is 2.90. The van der Waals surface area contributed by atoms with Crippen molar-refractivity contribution in [3.05, 3.63) is 29.8 Å². The van der Waals surface area contributed by atoms with Gasteiger partial charge in [0.2, 0.25) is 5.91 Å². The van der Waals surface area contributed by atoms with Crippen LogP contribution in [0, 0.1) is 0 Å². The number of thiocarbonyl (C=S) groups is 1. The number of nitrogens with zero attached hydrogens (tertiary/aromatic N) is 1. The van der Waals surface area contributed by atoms with Crippen LogP contribution in [0.1, 0.15) is 25.3 Å². The molecule has 1 aliphatic heterocycles. The van der Waals surface area contributed by atoms with Crippen LogP contribution in [-0.2, 0) is 11.3 Å². The molecule has 0 aliphatic carbocycles. The van der Waals surface area contributed by atoms with Crippen molar-refractivity contribution < 1.29 is 14.8 Å². The minimum absolute atomic E-state index is 0.0714. The quantitative estimate of drug-likeness (QED) is 0.412. The Kier molecular flexibility index (Phi) is 6.12. The molecule has 0 saturated carbocycles. The van der Waals surface area contributed by atoms with Crippen LogP contribution in [0.15, 0.2) is 24.3 Å². The summed E-state index contributed by atoms with van der Waals surface area (Å²) in [4.78, 5) is 14.5. The molecule has 1 saturated heterocycles. The van der Waals surface area contributed by atoms with E-state index in [4.69, 9.17) is 28.0 Å². The van der Waals surface area contributed by atoms with E-state index in [1.165, 1.54) is 0 Å². The van der Waals surface area contributed by atoms with Gasteiger partial charge in [-0.3, -0.25) is 4.79 Å². The molecular formula is C15H22BN3O3S. The Labute approximate surface area is 141 Å². The van der Waals surface area contributed by atoms with Gasteiger partial charge >= 0.3 is 7.12 Å². The molecule has 0 aromatic heterocycles. The minimum atomic E-state index is -1.46. The zero-order chi connectivity index (χ0) is 17.0. The van der Waals surface area contributed by atoms with Gasteiger partial charge in [0.25, 0.3) is 0 Å². The van der Waals surface area contributed by atoms with Gasteiger partial charge in [0, 0.05) is 13.1 Å². The van der Waals surface area contributed by atoms with Gasteiger partial charge in [-0.25, -0.2) is 0 Å². The fourth-order valence-electron chi connectivity index (χ4n) is 2.68. The van der Waals surface area contributed by atoms with Crippen molar-refractivity contribution in [2.24, 2.45) is 5.73 Å². The molecule has 1 heterocycles. The first-order valence-electron chi connectivity index (χ1n) is 7.69. The van der Waals surface area contributed by atoms with E-state index in [0.717, 1.165) is 18.4 Å². The van der Waals surface area contributed by atoms with Crippen LogP contribution in [0.25, 0.3) is 0 Å². The Morgan fingerprint density at radius 3 is 2.70 bits per heavy atom. The second-order valence-electron chi connectivity index (χ2n) is 5.81. The molecular weight excluding hydrogens is 313 g/mol. The molecule has 0 unspecified atom stereocenters. The third-order valence-corrected chi connectivity index (χ3v) is 4.39. The lowest BCUT2D eigenvalue weighted by atomic mass is 9.80. The number of nitrogens with two attached hydrogens (primary N) is 1. The van der Waals surface area contributed by atoms with Crippen LogP contribution in [0.4, 0.5) is 0 Å². The van der Waals surface area contributed by atoms with E-state index < -0.39 is 13.2 Å². The van der Waals surface area contributed by atoms with Gasteiger partial charge in [0.05, 0.1) is 17.1 Å². The van der Waals surface area contributed by atoms with Gasteiger partial charge < -0.3 is 26.0 Å². The predicted molar refractivity (Wildman–Crippen MR) is 94.1 cm³/mol. The van der Waals surface area contributed by atoms with Crippen LogP contribution >= 0.6 is 12.2 Å². The van der Waals surface area contributed by atoms with Crippen LogP contribution < -0.4 is 16.5 Å².